The van der Waals surface area contributed by atoms with Crippen LogP contribution in [-0.2, 0) is 6.42 Å². The lowest BCUT2D eigenvalue weighted by Gasteiger charge is -2.30. The number of hydrogen-bond acceptors (Lipinski definition) is 7. The molecule has 0 amide bonds. The number of nitrogens with one attached hydrogen (secondary N) is 1. The molecule has 6 nitrogen and oxygen atoms in total. The zero-order valence-electron chi connectivity index (χ0n) is 14.2. The summed E-state index contributed by atoms with van der Waals surface area (Å²) < 4.78 is 5.43. The average molecular weight is 412 g/mol. The SMILES string of the molecule is CN1CCNCC1c1noc(Cc2csc(-c3ccccc3Cl)n2)n1.Cl. The summed E-state index contributed by atoms with van der Waals surface area (Å²) in [5, 5.41) is 11.1. The Bertz CT molecular complexity index is 868. The Labute approximate surface area is 167 Å². The highest BCUT2D eigenvalue weighted by Crippen LogP contribution is 2.30. The molecular weight excluding hydrogens is 393 g/mol. The topological polar surface area (TPSA) is 67.1 Å². The summed E-state index contributed by atoms with van der Waals surface area (Å²) in [4.78, 5) is 11.5. The van der Waals surface area contributed by atoms with E-state index in [1.165, 1.54) is 0 Å². The third-order valence-electron chi connectivity index (χ3n) is 4.28. The number of halogens is 2. The average Bonchev–Trinajstić information content (AvgIpc) is 3.26. The van der Waals surface area contributed by atoms with Crippen LogP contribution in [-0.4, -0.2) is 46.7 Å². The number of rotatable bonds is 4. The van der Waals surface area contributed by atoms with Crippen LogP contribution in [0.25, 0.3) is 10.6 Å². The van der Waals surface area contributed by atoms with Crippen molar-refractivity contribution < 1.29 is 4.52 Å². The van der Waals surface area contributed by atoms with Crippen LogP contribution >= 0.6 is 35.3 Å². The second-order valence-electron chi connectivity index (χ2n) is 6.05. The fourth-order valence-electron chi connectivity index (χ4n) is 2.87. The Morgan fingerprint density at radius 2 is 2.19 bits per heavy atom. The minimum Gasteiger partial charge on any atom is -0.339 e. The van der Waals surface area contributed by atoms with E-state index in [2.05, 4.69) is 32.4 Å². The molecule has 26 heavy (non-hydrogen) atoms. The molecule has 3 heterocycles. The Morgan fingerprint density at radius 3 is 3.00 bits per heavy atom. The van der Waals surface area contributed by atoms with E-state index >= 15 is 0 Å². The van der Waals surface area contributed by atoms with E-state index in [0.29, 0.717) is 17.3 Å². The van der Waals surface area contributed by atoms with Crippen LogP contribution in [0.1, 0.15) is 23.5 Å². The van der Waals surface area contributed by atoms with Crippen LogP contribution in [0, 0.1) is 0 Å². The molecule has 4 rings (SSSR count). The van der Waals surface area contributed by atoms with E-state index < -0.39 is 0 Å². The predicted octanol–water partition coefficient (Wildman–Crippen LogP) is 3.44. The van der Waals surface area contributed by atoms with E-state index in [0.717, 1.165) is 41.7 Å². The Balaban J connectivity index is 0.00000196. The number of thiazole rings is 1. The summed E-state index contributed by atoms with van der Waals surface area (Å²) in [6, 6.07) is 7.87. The van der Waals surface area contributed by atoms with Crippen LogP contribution in [0.2, 0.25) is 5.02 Å². The first-order valence-electron chi connectivity index (χ1n) is 8.13. The highest BCUT2D eigenvalue weighted by Gasteiger charge is 2.25. The highest BCUT2D eigenvalue weighted by molar-refractivity contribution is 7.13. The summed E-state index contributed by atoms with van der Waals surface area (Å²) in [6.07, 6.45) is 0.526. The number of hydrogen-bond donors (Lipinski definition) is 1. The van der Waals surface area contributed by atoms with Crippen LogP contribution in [0.15, 0.2) is 34.2 Å². The number of benzene rings is 1. The van der Waals surface area contributed by atoms with Gasteiger partial charge in [-0.25, -0.2) is 4.98 Å². The van der Waals surface area contributed by atoms with Gasteiger partial charge in [-0.1, -0.05) is 35.0 Å². The van der Waals surface area contributed by atoms with Gasteiger partial charge in [0.25, 0.3) is 0 Å². The van der Waals surface area contributed by atoms with E-state index in [4.69, 9.17) is 16.1 Å². The minimum absolute atomic E-state index is 0. The normalized spacial score (nSPS) is 17.8. The van der Waals surface area contributed by atoms with E-state index in [1.54, 1.807) is 11.3 Å². The quantitative estimate of drug-likeness (QED) is 0.708. The molecule has 0 bridgehead atoms. The first-order chi connectivity index (χ1) is 12.2. The molecule has 1 saturated heterocycles. The maximum Gasteiger partial charge on any atom is 0.232 e. The van der Waals surface area contributed by atoms with Crippen molar-refractivity contribution in [3.05, 3.63) is 52.1 Å². The molecule has 1 atom stereocenters. The first kappa shape index (κ1) is 19.3. The van der Waals surface area contributed by atoms with E-state index in [9.17, 15) is 0 Å². The molecule has 0 spiro atoms. The lowest BCUT2D eigenvalue weighted by atomic mass is 10.2. The smallest absolute Gasteiger partial charge is 0.232 e. The second-order valence-corrected chi connectivity index (χ2v) is 7.31. The van der Waals surface area contributed by atoms with E-state index in [-0.39, 0.29) is 18.4 Å². The van der Waals surface area contributed by atoms with Gasteiger partial charge in [-0.3, -0.25) is 4.90 Å². The summed E-state index contributed by atoms with van der Waals surface area (Å²) in [7, 11) is 2.08. The standard InChI is InChI=1S/C17H18ClN5OS.ClH/c1-23-7-6-19-9-14(23)16-21-15(24-22-16)8-11-10-25-17(20-11)12-4-2-3-5-13(12)18;/h2-5,10,14,19H,6-9H2,1H3;1H. The third-order valence-corrected chi connectivity index (χ3v) is 5.54. The predicted molar refractivity (Wildman–Crippen MR) is 105 cm³/mol. The monoisotopic (exact) mass is 411 g/mol. The summed E-state index contributed by atoms with van der Waals surface area (Å²) in [5.74, 6) is 1.32. The molecule has 1 unspecified atom stereocenters. The van der Waals surface area contributed by atoms with E-state index in [1.807, 2.05) is 29.6 Å². The molecule has 0 radical (unpaired) electrons. The van der Waals surface area contributed by atoms with Crippen LogP contribution in [0.3, 0.4) is 0 Å². The molecule has 9 heteroatoms. The van der Waals surface area contributed by atoms with Crippen LogP contribution < -0.4 is 5.32 Å². The fourth-order valence-corrected chi connectivity index (χ4v) is 4.01. The number of aromatic nitrogens is 3. The largest absolute Gasteiger partial charge is 0.339 e. The van der Waals surface area contributed by atoms with Crippen LogP contribution in [0.4, 0.5) is 0 Å². The Morgan fingerprint density at radius 1 is 1.35 bits per heavy atom. The minimum atomic E-state index is 0. The maximum absolute atomic E-state index is 6.25. The van der Waals surface area contributed by atoms with Crippen molar-refractivity contribution in [3.63, 3.8) is 0 Å². The fraction of sp³-hybridized carbons (Fsp3) is 0.353. The van der Waals surface area contributed by atoms with Gasteiger partial charge in [0.15, 0.2) is 5.82 Å². The van der Waals surface area contributed by atoms with Crippen molar-refractivity contribution in [1.29, 1.82) is 0 Å². The van der Waals surface area contributed by atoms with Gasteiger partial charge in [-0.15, -0.1) is 23.7 Å². The zero-order valence-corrected chi connectivity index (χ0v) is 16.6. The number of nitrogens with zero attached hydrogens (tertiary/aromatic N) is 4. The van der Waals surface area contributed by atoms with Gasteiger partial charge in [-0.2, -0.15) is 4.98 Å². The summed E-state index contributed by atoms with van der Waals surface area (Å²) in [5.41, 5.74) is 1.85. The Hall–Kier alpha value is -1.51. The van der Waals surface area contributed by atoms with Gasteiger partial charge < -0.3 is 9.84 Å². The summed E-state index contributed by atoms with van der Waals surface area (Å²) in [6.45, 7) is 2.80. The number of likely N-dealkylation sites (N-methyl/N-ethyl adjacent to an activating group) is 1. The number of piperazine rings is 1. The van der Waals surface area contributed by atoms with Gasteiger partial charge in [0.1, 0.15) is 5.01 Å². The molecule has 3 aromatic rings. The van der Waals surface area contributed by atoms with Gasteiger partial charge >= 0.3 is 0 Å². The highest BCUT2D eigenvalue weighted by atomic mass is 35.5. The second kappa shape index (κ2) is 8.45. The van der Waals surface area contributed by atoms with Gasteiger partial charge in [0.2, 0.25) is 5.89 Å². The van der Waals surface area contributed by atoms with Crippen molar-refractivity contribution in [2.45, 2.75) is 12.5 Å². The van der Waals surface area contributed by atoms with Crippen molar-refractivity contribution in [1.82, 2.24) is 25.3 Å². The maximum atomic E-state index is 6.25. The van der Waals surface area contributed by atoms with Crippen LogP contribution in [0.5, 0.6) is 0 Å². The van der Waals surface area contributed by atoms with Crippen molar-refractivity contribution >= 4 is 35.3 Å². The lowest BCUT2D eigenvalue weighted by molar-refractivity contribution is 0.190. The van der Waals surface area contributed by atoms with Crippen molar-refractivity contribution in [2.75, 3.05) is 26.7 Å². The molecule has 138 valence electrons. The third kappa shape index (κ3) is 4.07. The molecule has 1 aromatic carbocycles. The molecule has 1 fully saturated rings. The zero-order chi connectivity index (χ0) is 17.2. The van der Waals surface area contributed by atoms with Gasteiger partial charge in [-0.05, 0) is 13.1 Å². The molecular formula is C17H19Cl2N5OS. The summed E-state index contributed by atoms with van der Waals surface area (Å²) >= 11 is 7.81. The molecule has 1 N–H and O–H groups in total. The molecule has 2 aromatic heterocycles. The van der Waals surface area contributed by atoms with Gasteiger partial charge in [0, 0.05) is 30.6 Å². The van der Waals surface area contributed by atoms with Gasteiger partial charge in [0.05, 0.1) is 23.2 Å². The molecule has 1 aliphatic rings. The molecule has 1 aliphatic heterocycles. The Kier molecular flexibility index (Phi) is 6.26. The first-order valence-corrected chi connectivity index (χ1v) is 9.39. The van der Waals surface area contributed by atoms with Crippen molar-refractivity contribution in [3.8, 4) is 10.6 Å². The van der Waals surface area contributed by atoms with Crippen molar-refractivity contribution in [2.24, 2.45) is 0 Å². The molecule has 0 aliphatic carbocycles. The molecule has 0 saturated carbocycles. The lowest BCUT2D eigenvalue weighted by Crippen LogP contribution is -2.44.